The van der Waals surface area contributed by atoms with E-state index in [-0.39, 0.29) is 0 Å². The van der Waals surface area contributed by atoms with E-state index in [1.54, 1.807) is 0 Å². The van der Waals surface area contributed by atoms with Crippen molar-refractivity contribution in [3.63, 3.8) is 0 Å². The number of piperazine rings is 1. The van der Waals surface area contributed by atoms with Crippen LogP contribution in [0, 0.1) is 0 Å². The van der Waals surface area contributed by atoms with Crippen LogP contribution in [0.1, 0.15) is 12.5 Å². The zero-order valence-corrected chi connectivity index (χ0v) is 10.4. The van der Waals surface area contributed by atoms with Gasteiger partial charge in [0.25, 0.3) is 0 Å². The average Bonchev–Trinajstić information content (AvgIpc) is 2.71. The number of hydrogen-bond acceptors (Lipinski definition) is 3. The average molecular weight is 232 g/mol. The lowest BCUT2D eigenvalue weighted by atomic mass is 10.1. The summed E-state index contributed by atoms with van der Waals surface area (Å²) in [4.78, 5) is 2.51. The van der Waals surface area contributed by atoms with E-state index in [0.717, 1.165) is 38.3 Å². The van der Waals surface area contributed by atoms with E-state index in [9.17, 15) is 0 Å². The third-order valence-electron chi connectivity index (χ3n) is 3.63. The van der Waals surface area contributed by atoms with Gasteiger partial charge in [0.1, 0.15) is 11.9 Å². The van der Waals surface area contributed by atoms with E-state index in [4.69, 9.17) is 4.74 Å². The third kappa shape index (κ3) is 2.45. The molecule has 2 atom stereocenters. The quantitative estimate of drug-likeness (QED) is 0.831. The lowest BCUT2D eigenvalue weighted by Crippen LogP contribution is -2.51. The predicted octanol–water partition coefficient (Wildman–Crippen LogP) is 1.28. The number of fused-ring (bicyclic) bond motifs is 1. The molecular weight excluding hydrogens is 212 g/mol. The first-order valence-corrected chi connectivity index (χ1v) is 6.51. The Morgan fingerprint density at radius 1 is 1.41 bits per heavy atom. The van der Waals surface area contributed by atoms with E-state index in [1.807, 2.05) is 6.07 Å². The number of ether oxygens (including phenoxy) is 1. The monoisotopic (exact) mass is 232 g/mol. The Balaban J connectivity index is 1.58. The van der Waals surface area contributed by atoms with Crippen LogP contribution in [0.15, 0.2) is 24.3 Å². The largest absolute Gasteiger partial charge is 0.488 e. The highest BCUT2D eigenvalue weighted by atomic mass is 16.5. The number of nitrogens with one attached hydrogen (secondary N) is 1. The maximum atomic E-state index is 5.98. The Morgan fingerprint density at radius 3 is 3.12 bits per heavy atom. The molecule has 0 radical (unpaired) electrons. The molecule has 3 heteroatoms. The van der Waals surface area contributed by atoms with Crippen molar-refractivity contribution in [2.75, 3.05) is 26.2 Å². The summed E-state index contributed by atoms with van der Waals surface area (Å²) in [5.41, 5.74) is 1.36. The van der Waals surface area contributed by atoms with Crippen LogP contribution in [0.25, 0.3) is 0 Å². The van der Waals surface area contributed by atoms with Crippen LogP contribution in [0.4, 0.5) is 0 Å². The first-order chi connectivity index (χ1) is 8.31. The molecule has 1 aromatic carbocycles. The van der Waals surface area contributed by atoms with Crippen molar-refractivity contribution in [2.45, 2.75) is 25.5 Å². The summed E-state index contributed by atoms with van der Waals surface area (Å²) in [6, 6.07) is 9.00. The van der Waals surface area contributed by atoms with Crippen molar-refractivity contribution in [1.82, 2.24) is 10.2 Å². The van der Waals surface area contributed by atoms with Crippen LogP contribution in [0.5, 0.6) is 5.75 Å². The topological polar surface area (TPSA) is 24.5 Å². The van der Waals surface area contributed by atoms with Crippen molar-refractivity contribution in [3.05, 3.63) is 29.8 Å². The number of nitrogens with zero attached hydrogens (tertiary/aromatic N) is 1. The molecule has 3 rings (SSSR count). The number of rotatable bonds is 2. The van der Waals surface area contributed by atoms with Crippen LogP contribution < -0.4 is 10.1 Å². The minimum Gasteiger partial charge on any atom is -0.488 e. The molecule has 92 valence electrons. The van der Waals surface area contributed by atoms with Crippen LogP contribution in [0.2, 0.25) is 0 Å². The van der Waals surface area contributed by atoms with Gasteiger partial charge in [-0.15, -0.1) is 0 Å². The minimum absolute atomic E-state index is 0.345. The Labute approximate surface area is 103 Å². The van der Waals surface area contributed by atoms with E-state index in [0.29, 0.717) is 12.1 Å². The Morgan fingerprint density at radius 2 is 2.29 bits per heavy atom. The highest BCUT2D eigenvalue weighted by Crippen LogP contribution is 2.28. The molecule has 1 N–H and O–H groups in total. The lowest BCUT2D eigenvalue weighted by molar-refractivity contribution is 0.126. The second kappa shape index (κ2) is 4.67. The minimum atomic E-state index is 0.345. The van der Waals surface area contributed by atoms with E-state index in [2.05, 4.69) is 35.3 Å². The molecule has 1 fully saturated rings. The maximum absolute atomic E-state index is 5.98. The molecule has 0 spiro atoms. The van der Waals surface area contributed by atoms with Crippen molar-refractivity contribution in [3.8, 4) is 5.75 Å². The van der Waals surface area contributed by atoms with Gasteiger partial charge in [-0.2, -0.15) is 0 Å². The normalized spacial score (nSPS) is 28.8. The van der Waals surface area contributed by atoms with Crippen LogP contribution >= 0.6 is 0 Å². The smallest absolute Gasteiger partial charge is 0.123 e. The van der Waals surface area contributed by atoms with Gasteiger partial charge in [-0.1, -0.05) is 18.2 Å². The lowest BCUT2D eigenvalue weighted by Gasteiger charge is -2.33. The van der Waals surface area contributed by atoms with E-state index >= 15 is 0 Å². The number of para-hydroxylation sites is 1. The van der Waals surface area contributed by atoms with Crippen LogP contribution in [0.3, 0.4) is 0 Å². The zero-order valence-electron chi connectivity index (χ0n) is 10.4. The van der Waals surface area contributed by atoms with Crippen molar-refractivity contribution in [1.29, 1.82) is 0 Å². The number of benzene rings is 1. The van der Waals surface area contributed by atoms with Crippen LogP contribution in [-0.4, -0.2) is 43.2 Å². The summed E-state index contributed by atoms with van der Waals surface area (Å²) in [5.74, 6) is 1.08. The highest BCUT2D eigenvalue weighted by molar-refractivity contribution is 5.37. The van der Waals surface area contributed by atoms with Gasteiger partial charge in [0, 0.05) is 38.6 Å². The molecular formula is C14H20N2O. The molecule has 1 aromatic rings. The molecule has 3 nitrogen and oxygen atoms in total. The standard InChI is InChI=1S/C14H20N2O/c1-11-9-16(7-6-15-11)10-13-8-12-4-2-3-5-14(12)17-13/h2-5,11,13,15H,6-10H2,1H3/t11-,13?/m0/s1. The van der Waals surface area contributed by atoms with Gasteiger partial charge < -0.3 is 10.1 Å². The van der Waals surface area contributed by atoms with Gasteiger partial charge in [-0.05, 0) is 18.6 Å². The number of hydrogen-bond donors (Lipinski definition) is 1. The Kier molecular flexibility index (Phi) is 3.04. The summed E-state index contributed by atoms with van der Waals surface area (Å²) in [6.45, 7) is 6.68. The summed E-state index contributed by atoms with van der Waals surface area (Å²) in [6.07, 6.45) is 1.41. The molecule has 0 aliphatic carbocycles. The molecule has 0 amide bonds. The summed E-state index contributed by atoms with van der Waals surface area (Å²) in [5, 5.41) is 3.47. The molecule has 2 aliphatic heterocycles. The van der Waals surface area contributed by atoms with Gasteiger partial charge >= 0.3 is 0 Å². The fraction of sp³-hybridized carbons (Fsp3) is 0.571. The molecule has 1 unspecified atom stereocenters. The fourth-order valence-electron chi connectivity index (χ4n) is 2.82. The van der Waals surface area contributed by atoms with Gasteiger partial charge in [-0.3, -0.25) is 4.90 Å². The molecule has 2 aliphatic rings. The second-order valence-electron chi connectivity index (χ2n) is 5.17. The maximum Gasteiger partial charge on any atom is 0.123 e. The Bertz CT molecular complexity index is 369. The molecule has 0 aromatic heterocycles. The first-order valence-electron chi connectivity index (χ1n) is 6.51. The summed E-state index contributed by atoms with van der Waals surface area (Å²) < 4.78 is 5.98. The predicted molar refractivity (Wildman–Crippen MR) is 68.5 cm³/mol. The van der Waals surface area contributed by atoms with Gasteiger partial charge in [0.15, 0.2) is 0 Å². The highest BCUT2D eigenvalue weighted by Gasteiger charge is 2.26. The molecule has 1 saturated heterocycles. The van der Waals surface area contributed by atoms with E-state index < -0.39 is 0 Å². The van der Waals surface area contributed by atoms with Crippen molar-refractivity contribution < 1.29 is 4.74 Å². The Hall–Kier alpha value is -1.06. The third-order valence-corrected chi connectivity index (χ3v) is 3.63. The molecule has 2 heterocycles. The first kappa shape index (κ1) is 11.1. The van der Waals surface area contributed by atoms with Gasteiger partial charge in [0.2, 0.25) is 0 Å². The van der Waals surface area contributed by atoms with Gasteiger partial charge in [-0.25, -0.2) is 0 Å². The van der Waals surface area contributed by atoms with Gasteiger partial charge in [0.05, 0.1) is 0 Å². The summed E-state index contributed by atoms with van der Waals surface area (Å²) >= 11 is 0. The summed E-state index contributed by atoms with van der Waals surface area (Å²) in [7, 11) is 0. The molecule has 0 saturated carbocycles. The second-order valence-corrected chi connectivity index (χ2v) is 5.17. The fourth-order valence-corrected chi connectivity index (χ4v) is 2.82. The zero-order chi connectivity index (χ0) is 11.7. The molecule has 17 heavy (non-hydrogen) atoms. The van der Waals surface area contributed by atoms with Crippen molar-refractivity contribution >= 4 is 0 Å². The molecule has 0 bridgehead atoms. The van der Waals surface area contributed by atoms with Crippen LogP contribution in [-0.2, 0) is 6.42 Å². The van der Waals surface area contributed by atoms with E-state index in [1.165, 1.54) is 5.56 Å². The SMILES string of the molecule is C[C@H]1CN(CC2Cc3ccccc3O2)CCN1. The van der Waals surface area contributed by atoms with Crippen molar-refractivity contribution in [2.24, 2.45) is 0 Å².